The molecule has 96 valence electrons. The van der Waals surface area contributed by atoms with Crippen molar-refractivity contribution in [3.05, 3.63) is 34.1 Å². The molecule has 1 aromatic rings. The van der Waals surface area contributed by atoms with Gasteiger partial charge in [0, 0.05) is 13.1 Å². The SMILES string of the molecule is CNCC(C)CN(C)Cc1ccc(F)c(Br)c1. The van der Waals surface area contributed by atoms with E-state index in [4.69, 9.17) is 0 Å². The molecule has 4 heteroatoms. The molecule has 0 radical (unpaired) electrons. The van der Waals surface area contributed by atoms with Gasteiger partial charge in [-0.05, 0) is 60.2 Å². The molecular formula is C13H20BrFN2. The van der Waals surface area contributed by atoms with Gasteiger partial charge in [-0.3, -0.25) is 0 Å². The average Bonchev–Trinajstić information content (AvgIpc) is 2.23. The van der Waals surface area contributed by atoms with Gasteiger partial charge in [0.1, 0.15) is 5.82 Å². The standard InChI is InChI=1S/C13H20BrFN2/c1-10(7-16-2)8-17(3)9-11-4-5-13(15)12(14)6-11/h4-6,10,16H,7-9H2,1-3H3. The molecule has 1 N–H and O–H groups in total. The summed E-state index contributed by atoms with van der Waals surface area (Å²) < 4.78 is 13.6. The van der Waals surface area contributed by atoms with Crippen LogP contribution in [0.3, 0.4) is 0 Å². The highest BCUT2D eigenvalue weighted by Gasteiger charge is 2.07. The van der Waals surface area contributed by atoms with Crippen LogP contribution in [0, 0.1) is 11.7 Å². The van der Waals surface area contributed by atoms with Crippen LogP contribution in [0.1, 0.15) is 12.5 Å². The second-order valence-electron chi connectivity index (χ2n) is 4.61. The number of hydrogen-bond acceptors (Lipinski definition) is 2. The molecule has 0 heterocycles. The van der Waals surface area contributed by atoms with Crippen molar-refractivity contribution in [2.75, 3.05) is 27.2 Å². The van der Waals surface area contributed by atoms with Gasteiger partial charge in [-0.25, -0.2) is 4.39 Å². The molecule has 0 aliphatic heterocycles. The lowest BCUT2D eigenvalue weighted by Gasteiger charge is -2.21. The Morgan fingerprint density at radius 3 is 2.76 bits per heavy atom. The Kier molecular flexibility index (Phi) is 6.09. The normalized spacial score (nSPS) is 13.1. The van der Waals surface area contributed by atoms with Crippen molar-refractivity contribution in [2.24, 2.45) is 5.92 Å². The van der Waals surface area contributed by atoms with Gasteiger partial charge in [0.25, 0.3) is 0 Å². The van der Waals surface area contributed by atoms with E-state index in [0.29, 0.717) is 10.4 Å². The van der Waals surface area contributed by atoms with Crippen molar-refractivity contribution in [3.63, 3.8) is 0 Å². The average molecular weight is 303 g/mol. The summed E-state index contributed by atoms with van der Waals surface area (Å²) in [4.78, 5) is 2.25. The van der Waals surface area contributed by atoms with Crippen molar-refractivity contribution >= 4 is 15.9 Å². The third kappa shape index (κ3) is 5.15. The first-order chi connectivity index (χ1) is 8.02. The Balaban J connectivity index is 2.50. The van der Waals surface area contributed by atoms with Crippen LogP contribution in [0.5, 0.6) is 0 Å². The van der Waals surface area contributed by atoms with Crippen LogP contribution >= 0.6 is 15.9 Å². The van der Waals surface area contributed by atoms with Gasteiger partial charge in [-0.1, -0.05) is 13.0 Å². The molecule has 0 saturated carbocycles. The first-order valence-electron chi connectivity index (χ1n) is 5.80. The first-order valence-corrected chi connectivity index (χ1v) is 6.59. The highest BCUT2D eigenvalue weighted by molar-refractivity contribution is 9.10. The van der Waals surface area contributed by atoms with Crippen molar-refractivity contribution in [1.82, 2.24) is 10.2 Å². The summed E-state index contributed by atoms with van der Waals surface area (Å²) in [6.45, 7) is 5.09. The fourth-order valence-corrected chi connectivity index (χ4v) is 2.39. The predicted molar refractivity (Wildman–Crippen MR) is 73.5 cm³/mol. The molecule has 0 aliphatic carbocycles. The Hall–Kier alpha value is -0.450. The second kappa shape index (κ2) is 7.09. The Morgan fingerprint density at radius 2 is 2.18 bits per heavy atom. The molecule has 1 unspecified atom stereocenters. The minimum atomic E-state index is -0.208. The smallest absolute Gasteiger partial charge is 0.137 e. The molecule has 17 heavy (non-hydrogen) atoms. The number of nitrogens with one attached hydrogen (secondary N) is 1. The first kappa shape index (κ1) is 14.6. The van der Waals surface area contributed by atoms with Crippen molar-refractivity contribution in [1.29, 1.82) is 0 Å². The molecule has 1 aromatic carbocycles. The number of halogens is 2. The molecule has 0 bridgehead atoms. The number of benzene rings is 1. The van der Waals surface area contributed by atoms with E-state index in [1.165, 1.54) is 6.07 Å². The van der Waals surface area contributed by atoms with E-state index in [-0.39, 0.29) is 5.82 Å². The largest absolute Gasteiger partial charge is 0.319 e. The number of hydrogen-bond donors (Lipinski definition) is 1. The summed E-state index contributed by atoms with van der Waals surface area (Å²) in [5.74, 6) is 0.397. The molecule has 1 rings (SSSR count). The van der Waals surface area contributed by atoms with Crippen LogP contribution in [-0.2, 0) is 6.54 Å². The molecule has 0 saturated heterocycles. The molecule has 2 nitrogen and oxygen atoms in total. The van der Waals surface area contributed by atoms with Gasteiger partial charge in [-0.2, -0.15) is 0 Å². The summed E-state index contributed by atoms with van der Waals surface area (Å²) in [5, 5.41) is 3.17. The third-order valence-corrected chi connectivity index (χ3v) is 3.22. The maximum absolute atomic E-state index is 13.1. The van der Waals surface area contributed by atoms with Gasteiger partial charge in [0.05, 0.1) is 4.47 Å². The van der Waals surface area contributed by atoms with Crippen LogP contribution in [0.4, 0.5) is 4.39 Å². The maximum atomic E-state index is 13.1. The van der Waals surface area contributed by atoms with E-state index >= 15 is 0 Å². The zero-order valence-electron chi connectivity index (χ0n) is 10.6. The maximum Gasteiger partial charge on any atom is 0.137 e. The highest BCUT2D eigenvalue weighted by atomic mass is 79.9. The summed E-state index contributed by atoms with van der Waals surface area (Å²) in [6, 6.07) is 5.18. The molecule has 0 aliphatic rings. The van der Waals surface area contributed by atoms with E-state index in [1.54, 1.807) is 0 Å². The number of rotatable bonds is 6. The lowest BCUT2D eigenvalue weighted by molar-refractivity contribution is 0.276. The quantitative estimate of drug-likeness (QED) is 0.869. The van der Waals surface area contributed by atoms with Gasteiger partial charge >= 0.3 is 0 Å². The van der Waals surface area contributed by atoms with Crippen molar-refractivity contribution in [2.45, 2.75) is 13.5 Å². The minimum absolute atomic E-state index is 0.208. The van der Waals surface area contributed by atoms with Crippen LogP contribution in [0.25, 0.3) is 0 Å². The van der Waals surface area contributed by atoms with E-state index in [0.717, 1.165) is 25.2 Å². The topological polar surface area (TPSA) is 15.3 Å². The Labute approximate surface area is 111 Å². The Bertz CT molecular complexity index is 357. The summed E-state index contributed by atoms with van der Waals surface area (Å²) in [7, 11) is 4.05. The van der Waals surface area contributed by atoms with Crippen molar-refractivity contribution in [3.8, 4) is 0 Å². The molecule has 0 amide bonds. The van der Waals surface area contributed by atoms with E-state index in [1.807, 2.05) is 19.2 Å². The van der Waals surface area contributed by atoms with Gasteiger partial charge in [-0.15, -0.1) is 0 Å². The highest BCUT2D eigenvalue weighted by Crippen LogP contribution is 2.17. The summed E-state index contributed by atoms with van der Waals surface area (Å²) in [5.41, 5.74) is 1.12. The van der Waals surface area contributed by atoms with Gasteiger partial charge < -0.3 is 10.2 Å². The zero-order valence-corrected chi connectivity index (χ0v) is 12.2. The van der Waals surface area contributed by atoms with Crippen LogP contribution < -0.4 is 5.32 Å². The lowest BCUT2D eigenvalue weighted by atomic mass is 10.1. The van der Waals surface area contributed by atoms with E-state index in [2.05, 4.69) is 40.1 Å². The Morgan fingerprint density at radius 1 is 1.47 bits per heavy atom. The van der Waals surface area contributed by atoms with Crippen molar-refractivity contribution < 1.29 is 4.39 Å². The summed E-state index contributed by atoms with van der Waals surface area (Å²) >= 11 is 3.21. The van der Waals surface area contributed by atoms with Gasteiger partial charge in [0.15, 0.2) is 0 Å². The van der Waals surface area contributed by atoms with E-state index in [9.17, 15) is 4.39 Å². The van der Waals surface area contributed by atoms with E-state index < -0.39 is 0 Å². The fraction of sp³-hybridized carbons (Fsp3) is 0.538. The fourth-order valence-electron chi connectivity index (χ4n) is 1.96. The minimum Gasteiger partial charge on any atom is -0.319 e. The molecule has 0 aromatic heterocycles. The summed E-state index contributed by atoms with van der Waals surface area (Å²) in [6.07, 6.45) is 0. The molecular weight excluding hydrogens is 283 g/mol. The number of nitrogens with zero attached hydrogens (tertiary/aromatic N) is 1. The van der Waals surface area contributed by atoms with Crippen LogP contribution in [0.2, 0.25) is 0 Å². The lowest BCUT2D eigenvalue weighted by Crippen LogP contribution is -2.29. The molecule has 0 spiro atoms. The van der Waals surface area contributed by atoms with Crippen LogP contribution in [0.15, 0.2) is 22.7 Å². The monoisotopic (exact) mass is 302 g/mol. The second-order valence-corrected chi connectivity index (χ2v) is 5.46. The zero-order chi connectivity index (χ0) is 12.8. The molecule has 0 fully saturated rings. The molecule has 1 atom stereocenters. The van der Waals surface area contributed by atoms with Gasteiger partial charge in [0.2, 0.25) is 0 Å². The van der Waals surface area contributed by atoms with Crippen LogP contribution in [-0.4, -0.2) is 32.1 Å². The predicted octanol–water partition coefficient (Wildman–Crippen LogP) is 2.88. The third-order valence-electron chi connectivity index (χ3n) is 2.61.